The third-order valence-electron chi connectivity index (χ3n) is 5.42. The second-order valence-electron chi connectivity index (χ2n) is 7.33. The van der Waals surface area contributed by atoms with E-state index in [1.54, 1.807) is 12.1 Å². The summed E-state index contributed by atoms with van der Waals surface area (Å²) in [7, 11) is -0.945. The maximum Gasteiger partial charge on any atom is 0.203 e. The maximum absolute atomic E-state index is 12.8. The first-order chi connectivity index (χ1) is 15.3. The van der Waals surface area contributed by atoms with Gasteiger partial charge in [0, 0.05) is 5.56 Å². The highest BCUT2D eigenvalue weighted by Crippen LogP contribution is 2.48. The number of hydrogen-bond donors (Lipinski definition) is 1. The highest BCUT2D eigenvalue weighted by molar-refractivity contribution is 7.92. The molecule has 0 aliphatic carbocycles. The van der Waals surface area contributed by atoms with E-state index in [1.165, 1.54) is 28.1 Å². The molecule has 7 heteroatoms. The van der Waals surface area contributed by atoms with E-state index >= 15 is 0 Å². The topological polar surface area (TPSA) is 82.1 Å². The number of para-hydroxylation sites is 1. The fourth-order valence-electron chi connectivity index (χ4n) is 3.78. The van der Waals surface area contributed by atoms with Crippen LogP contribution in [0.4, 0.5) is 0 Å². The number of benzene rings is 3. The third kappa shape index (κ3) is 4.24. The molecule has 0 aliphatic rings. The van der Waals surface area contributed by atoms with Gasteiger partial charge in [-0.1, -0.05) is 72.8 Å². The Hall–Kier alpha value is -2.87. The molecule has 0 amide bonds. The van der Waals surface area contributed by atoms with Gasteiger partial charge in [0.1, 0.15) is 5.60 Å². The van der Waals surface area contributed by atoms with Gasteiger partial charge in [-0.3, -0.25) is 0 Å². The van der Waals surface area contributed by atoms with E-state index in [-0.39, 0.29) is 0 Å². The molecule has 0 fully saturated rings. The van der Waals surface area contributed by atoms with Crippen molar-refractivity contribution in [2.45, 2.75) is 30.3 Å². The van der Waals surface area contributed by atoms with Gasteiger partial charge in [-0.2, -0.15) is 0 Å². The van der Waals surface area contributed by atoms with E-state index in [4.69, 9.17) is 14.2 Å². The first-order valence-corrected chi connectivity index (χ1v) is 11.8. The van der Waals surface area contributed by atoms with Crippen molar-refractivity contribution in [3.8, 4) is 11.5 Å². The van der Waals surface area contributed by atoms with Gasteiger partial charge in [0.25, 0.3) is 0 Å². The van der Waals surface area contributed by atoms with Crippen LogP contribution < -0.4 is 9.47 Å². The second kappa shape index (κ2) is 9.73. The van der Waals surface area contributed by atoms with Gasteiger partial charge in [0.05, 0.1) is 14.2 Å². The molecular formula is C25H28O6S. The Morgan fingerprint density at radius 3 is 1.75 bits per heavy atom. The van der Waals surface area contributed by atoms with Gasteiger partial charge in [-0.05, 0) is 31.0 Å². The lowest BCUT2D eigenvalue weighted by atomic mass is 9.79. The smallest absolute Gasteiger partial charge is 0.203 e. The molecule has 0 saturated carbocycles. The van der Waals surface area contributed by atoms with E-state index in [1.807, 2.05) is 66.7 Å². The van der Waals surface area contributed by atoms with Gasteiger partial charge < -0.3 is 19.3 Å². The minimum atomic E-state index is -4.01. The van der Waals surface area contributed by atoms with Crippen molar-refractivity contribution >= 4 is 9.84 Å². The van der Waals surface area contributed by atoms with Crippen LogP contribution in [0.2, 0.25) is 0 Å². The zero-order chi connectivity index (χ0) is 23.4. The second-order valence-corrected chi connectivity index (χ2v) is 9.85. The molecule has 32 heavy (non-hydrogen) atoms. The van der Waals surface area contributed by atoms with Crippen molar-refractivity contribution in [2.75, 3.05) is 14.2 Å². The van der Waals surface area contributed by atoms with E-state index < -0.39 is 26.3 Å². The Morgan fingerprint density at radius 2 is 1.31 bits per heavy atom. The number of aliphatic hydroxyl groups is 1. The van der Waals surface area contributed by atoms with Crippen molar-refractivity contribution in [1.82, 2.24) is 0 Å². The number of methoxy groups -OCH3 is 2. The van der Waals surface area contributed by atoms with Crippen LogP contribution in [-0.2, 0) is 20.2 Å². The molecule has 6 nitrogen and oxygen atoms in total. The number of hydrogen-bond acceptors (Lipinski definition) is 6. The predicted molar refractivity (Wildman–Crippen MR) is 123 cm³/mol. The van der Waals surface area contributed by atoms with E-state index in [9.17, 15) is 13.5 Å². The SMILES string of the molecule is COc1cccc(C(OC(C)S(=O)(=O)C(C)O)(c2ccccc2)c2ccccc2)c1OC. The van der Waals surface area contributed by atoms with Crippen molar-refractivity contribution in [2.24, 2.45) is 0 Å². The zero-order valence-electron chi connectivity index (χ0n) is 18.6. The van der Waals surface area contributed by atoms with Crippen LogP contribution in [0.15, 0.2) is 78.9 Å². The standard InChI is InChI=1S/C25H28O6S/c1-18(26)32(27,28)19(2)31-25(20-12-7-5-8-13-20,21-14-9-6-10-15-21)22-16-11-17-23(29-3)24(22)30-4/h5-19,26H,1-4H3. The quantitative estimate of drug-likeness (QED) is 0.488. The molecule has 0 aromatic heterocycles. The molecule has 3 aromatic rings. The first-order valence-electron chi connectivity index (χ1n) is 10.2. The number of sulfone groups is 1. The maximum atomic E-state index is 12.8. The van der Waals surface area contributed by atoms with Crippen molar-refractivity contribution in [3.63, 3.8) is 0 Å². The molecule has 0 heterocycles. The van der Waals surface area contributed by atoms with Gasteiger partial charge in [0.2, 0.25) is 9.84 Å². The fraction of sp³-hybridized carbons (Fsp3) is 0.280. The van der Waals surface area contributed by atoms with Crippen molar-refractivity contribution in [3.05, 3.63) is 95.6 Å². The molecule has 0 spiro atoms. The lowest BCUT2D eigenvalue weighted by molar-refractivity contribution is -0.00423. The Bertz CT molecular complexity index is 1090. The molecule has 3 aromatic carbocycles. The molecular weight excluding hydrogens is 428 g/mol. The summed E-state index contributed by atoms with van der Waals surface area (Å²) in [6.07, 6.45) is 0. The summed E-state index contributed by atoms with van der Waals surface area (Å²) in [6, 6.07) is 24.0. The first kappa shape index (κ1) is 23.8. The Kier molecular flexibility index (Phi) is 7.23. The fourth-order valence-corrected chi connectivity index (χ4v) is 4.61. The molecule has 1 N–H and O–H groups in total. The van der Waals surface area contributed by atoms with Crippen LogP contribution in [0.3, 0.4) is 0 Å². The zero-order valence-corrected chi connectivity index (χ0v) is 19.4. The summed E-state index contributed by atoms with van der Waals surface area (Å²) in [5.41, 5.74) is -2.32. The van der Waals surface area contributed by atoms with Crippen LogP contribution in [0, 0.1) is 0 Å². The summed E-state index contributed by atoms with van der Waals surface area (Å²) in [5.74, 6) is 0.903. The highest BCUT2D eigenvalue weighted by Gasteiger charge is 2.45. The minimum absolute atomic E-state index is 0.421. The highest BCUT2D eigenvalue weighted by atomic mass is 32.2. The average molecular weight is 457 g/mol. The average Bonchev–Trinajstić information content (AvgIpc) is 2.82. The van der Waals surface area contributed by atoms with Gasteiger partial charge in [-0.25, -0.2) is 8.42 Å². The Balaban J connectivity index is 2.42. The summed E-state index contributed by atoms with van der Waals surface area (Å²) in [6.45, 7) is 2.64. The van der Waals surface area contributed by atoms with Gasteiger partial charge >= 0.3 is 0 Å². The summed E-state index contributed by atoms with van der Waals surface area (Å²) in [4.78, 5) is 0. The van der Waals surface area contributed by atoms with Crippen LogP contribution >= 0.6 is 0 Å². The van der Waals surface area contributed by atoms with Gasteiger partial charge in [-0.15, -0.1) is 0 Å². The largest absolute Gasteiger partial charge is 0.493 e. The van der Waals surface area contributed by atoms with E-state index in [0.717, 1.165) is 0 Å². The Morgan fingerprint density at radius 1 is 0.781 bits per heavy atom. The predicted octanol–water partition coefficient (Wildman–Crippen LogP) is 4.11. The lowest BCUT2D eigenvalue weighted by Crippen LogP contribution is -2.41. The minimum Gasteiger partial charge on any atom is -0.493 e. The molecule has 2 unspecified atom stereocenters. The van der Waals surface area contributed by atoms with Crippen LogP contribution in [0.5, 0.6) is 11.5 Å². The van der Waals surface area contributed by atoms with E-state index in [2.05, 4.69) is 0 Å². The van der Waals surface area contributed by atoms with Crippen LogP contribution in [0.1, 0.15) is 30.5 Å². The normalized spacial score (nSPS) is 13.9. The third-order valence-corrected chi connectivity index (χ3v) is 7.40. The molecule has 170 valence electrons. The molecule has 0 aliphatic heterocycles. The van der Waals surface area contributed by atoms with Gasteiger partial charge in [0.15, 0.2) is 22.4 Å². The number of rotatable bonds is 9. The Labute approximate surface area is 189 Å². The summed E-state index contributed by atoms with van der Waals surface area (Å²) < 4.78 is 43.4. The molecule has 0 radical (unpaired) electrons. The molecule has 2 atom stereocenters. The molecule has 0 saturated heterocycles. The van der Waals surface area contributed by atoms with Crippen molar-refractivity contribution < 1.29 is 27.7 Å². The monoisotopic (exact) mass is 456 g/mol. The van der Waals surface area contributed by atoms with Crippen molar-refractivity contribution in [1.29, 1.82) is 0 Å². The van der Waals surface area contributed by atoms with E-state index in [0.29, 0.717) is 28.2 Å². The van der Waals surface area contributed by atoms with Crippen LogP contribution in [0.25, 0.3) is 0 Å². The summed E-state index contributed by atoms with van der Waals surface area (Å²) in [5, 5.41) is 9.93. The summed E-state index contributed by atoms with van der Waals surface area (Å²) >= 11 is 0. The number of ether oxygens (including phenoxy) is 3. The van der Waals surface area contributed by atoms with Crippen LogP contribution in [-0.4, -0.2) is 38.6 Å². The molecule has 0 bridgehead atoms. The number of aliphatic hydroxyl groups excluding tert-OH is 1. The lowest BCUT2D eigenvalue weighted by Gasteiger charge is -2.39. The molecule has 3 rings (SSSR count).